The second-order valence-corrected chi connectivity index (χ2v) is 5.04. The summed E-state index contributed by atoms with van der Waals surface area (Å²) < 4.78 is 0. The van der Waals surface area contributed by atoms with E-state index in [9.17, 15) is 4.79 Å². The molecule has 20 heavy (non-hydrogen) atoms. The highest BCUT2D eigenvalue weighted by Gasteiger charge is 2.14. The van der Waals surface area contributed by atoms with Gasteiger partial charge in [-0.2, -0.15) is 0 Å². The molecule has 2 aromatic rings. The number of unbranched alkanes of at least 4 members (excludes halogenated alkanes) is 1. The summed E-state index contributed by atoms with van der Waals surface area (Å²) in [5.41, 5.74) is 2.49. The van der Waals surface area contributed by atoms with Gasteiger partial charge in [0, 0.05) is 12.2 Å². The first kappa shape index (κ1) is 14.6. The van der Waals surface area contributed by atoms with E-state index in [-0.39, 0.29) is 0 Å². The normalized spacial score (nSPS) is 10.3. The second kappa shape index (κ2) is 7.11. The molecule has 2 nitrogen and oxygen atoms in total. The minimum Gasteiger partial charge on any atom is -0.341 e. The van der Waals surface area contributed by atoms with Crippen LogP contribution < -0.4 is 4.90 Å². The summed E-state index contributed by atoms with van der Waals surface area (Å²) in [6.45, 7) is 3.02. The molecule has 0 fully saturated rings. The van der Waals surface area contributed by atoms with Gasteiger partial charge in [0.15, 0.2) is 6.29 Å². The largest absolute Gasteiger partial charge is 0.341 e. The van der Waals surface area contributed by atoms with Gasteiger partial charge < -0.3 is 4.90 Å². The molecular weight excluding hydrogens is 270 g/mol. The highest BCUT2D eigenvalue weighted by Crippen LogP contribution is 2.31. The number of hydrogen-bond donors (Lipinski definition) is 0. The molecule has 2 aromatic carbocycles. The molecule has 2 rings (SSSR count). The molecule has 0 aliphatic heterocycles. The molecule has 0 saturated heterocycles. The number of aldehydes is 1. The minimum absolute atomic E-state index is 0.495. The third-order valence-electron chi connectivity index (χ3n) is 3.24. The zero-order valence-electron chi connectivity index (χ0n) is 11.6. The van der Waals surface area contributed by atoms with Crippen LogP contribution in [0.1, 0.15) is 30.1 Å². The van der Waals surface area contributed by atoms with Crippen molar-refractivity contribution in [1.29, 1.82) is 0 Å². The maximum Gasteiger partial charge on any atom is 0.153 e. The Morgan fingerprint density at radius 3 is 2.50 bits per heavy atom. The number of halogens is 1. The van der Waals surface area contributed by atoms with Gasteiger partial charge >= 0.3 is 0 Å². The third kappa shape index (κ3) is 3.20. The van der Waals surface area contributed by atoms with Crippen LogP contribution in [0.3, 0.4) is 0 Å². The van der Waals surface area contributed by atoms with Gasteiger partial charge in [-0.15, -0.1) is 0 Å². The van der Waals surface area contributed by atoms with E-state index in [4.69, 9.17) is 11.6 Å². The van der Waals surface area contributed by atoms with E-state index < -0.39 is 0 Å². The van der Waals surface area contributed by atoms with E-state index in [2.05, 4.69) is 11.8 Å². The molecule has 0 aliphatic carbocycles. The van der Waals surface area contributed by atoms with E-state index in [0.717, 1.165) is 37.0 Å². The maximum atomic E-state index is 11.3. The zero-order chi connectivity index (χ0) is 14.4. The molecule has 3 heteroatoms. The Balaban J connectivity index is 2.46. The molecule has 0 aromatic heterocycles. The summed E-state index contributed by atoms with van der Waals surface area (Å²) in [5.74, 6) is 0. The lowest BCUT2D eigenvalue weighted by Gasteiger charge is -2.26. The molecule has 0 bridgehead atoms. The van der Waals surface area contributed by atoms with Crippen molar-refractivity contribution in [2.24, 2.45) is 0 Å². The Morgan fingerprint density at radius 1 is 1.10 bits per heavy atom. The SMILES string of the molecule is CCCCN(c1ccccc1)c1cccc(Cl)c1C=O. The lowest BCUT2D eigenvalue weighted by atomic mass is 10.1. The predicted octanol–water partition coefficient (Wildman–Crippen LogP) is 5.09. The number of nitrogens with zero attached hydrogens (tertiary/aromatic N) is 1. The zero-order valence-corrected chi connectivity index (χ0v) is 12.3. The fourth-order valence-electron chi connectivity index (χ4n) is 2.19. The predicted molar refractivity (Wildman–Crippen MR) is 85.2 cm³/mol. The van der Waals surface area contributed by atoms with Gasteiger partial charge in [-0.25, -0.2) is 0 Å². The van der Waals surface area contributed by atoms with Crippen LogP contribution >= 0.6 is 11.6 Å². The highest BCUT2D eigenvalue weighted by molar-refractivity contribution is 6.33. The molecule has 0 atom stereocenters. The second-order valence-electron chi connectivity index (χ2n) is 4.63. The standard InChI is InChI=1S/C17H18ClNO/c1-2-3-12-19(14-8-5-4-6-9-14)17-11-7-10-16(18)15(17)13-20/h4-11,13H,2-3,12H2,1H3. The smallest absolute Gasteiger partial charge is 0.153 e. The topological polar surface area (TPSA) is 20.3 Å². The first-order valence-electron chi connectivity index (χ1n) is 6.84. The Bertz CT molecular complexity index is 568. The molecule has 0 spiro atoms. The average Bonchev–Trinajstić information content (AvgIpc) is 2.49. The molecule has 0 unspecified atom stereocenters. The highest BCUT2D eigenvalue weighted by atomic mass is 35.5. The van der Waals surface area contributed by atoms with Crippen molar-refractivity contribution in [3.63, 3.8) is 0 Å². The van der Waals surface area contributed by atoms with Crippen molar-refractivity contribution in [1.82, 2.24) is 0 Å². The number of carbonyl (C=O) groups is 1. The summed E-state index contributed by atoms with van der Waals surface area (Å²) in [4.78, 5) is 13.5. The minimum atomic E-state index is 0.495. The van der Waals surface area contributed by atoms with Crippen molar-refractivity contribution in [3.05, 3.63) is 59.1 Å². The summed E-state index contributed by atoms with van der Waals surface area (Å²) in [5, 5.41) is 0.495. The Labute approximate surface area is 125 Å². The molecule has 104 valence electrons. The summed E-state index contributed by atoms with van der Waals surface area (Å²) in [6, 6.07) is 15.7. The van der Waals surface area contributed by atoms with Crippen LogP contribution in [0.15, 0.2) is 48.5 Å². The van der Waals surface area contributed by atoms with Gasteiger partial charge in [0.1, 0.15) is 0 Å². The third-order valence-corrected chi connectivity index (χ3v) is 3.57. The lowest BCUT2D eigenvalue weighted by molar-refractivity contribution is 0.112. The van der Waals surface area contributed by atoms with Crippen molar-refractivity contribution in [3.8, 4) is 0 Å². The fourth-order valence-corrected chi connectivity index (χ4v) is 2.40. The van der Waals surface area contributed by atoms with Crippen LogP contribution in [-0.2, 0) is 0 Å². The van der Waals surface area contributed by atoms with E-state index in [1.807, 2.05) is 42.5 Å². The van der Waals surface area contributed by atoms with Gasteiger partial charge in [-0.3, -0.25) is 4.79 Å². The number of benzene rings is 2. The molecule has 0 saturated carbocycles. The van der Waals surface area contributed by atoms with Crippen molar-refractivity contribution in [2.75, 3.05) is 11.4 Å². The average molecular weight is 288 g/mol. The van der Waals surface area contributed by atoms with Crippen LogP contribution in [0.5, 0.6) is 0 Å². The van der Waals surface area contributed by atoms with Gasteiger partial charge in [-0.1, -0.05) is 49.2 Å². The number of para-hydroxylation sites is 1. The quantitative estimate of drug-likeness (QED) is 0.690. The molecule has 0 radical (unpaired) electrons. The summed E-state index contributed by atoms with van der Waals surface area (Å²) in [6.07, 6.45) is 2.99. The van der Waals surface area contributed by atoms with Gasteiger partial charge in [0.2, 0.25) is 0 Å². The van der Waals surface area contributed by atoms with Crippen LogP contribution in [0.25, 0.3) is 0 Å². The first-order chi connectivity index (χ1) is 9.77. The first-order valence-corrected chi connectivity index (χ1v) is 7.22. The van der Waals surface area contributed by atoms with Crippen molar-refractivity contribution in [2.45, 2.75) is 19.8 Å². The van der Waals surface area contributed by atoms with Gasteiger partial charge in [0.25, 0.3) is 0 Å². The van der Waals surface area contributed by atoms with Crippen LogP contribution in [-0.4, -0.2) is 12.8 Å². The van der Waals surface area contributed by atoms with Gasteiger partial charge in [0.05, 0.1) is 16.3 Å². The Morgan fingerprint density at radius 2 is 1.85 bits per heavy atom. The van der Waals surface area contributed by atoms with E-state index >= 15 is 0 Å². The Hall–Kier alpha value is -1.80. The number of hydrogen-bond acceptors (Lipinski definition) is 2. The van der Waals surface area contributed by atoms with Crippen molar-refractivity contribution < 1.29 is 4.79 Å². The Kier molecular flexibility index (Phi) is 5.19. The molecule has 0 amide bonds. The van der Waals surface area contributed by atoms with Crippen LogP contribution in [0.2, 0.25) is 5.02 Å². The lowest BCUT2D eigenvalue weighted by Crippen LogP contribution is -2.19. The monoisotopic (exact) mass is 287 g/mol. The van der Waals surface area contributed by atoms with E-state index in [0.29, 0.717) is 10.6 Å². The molecule has 0 N–H and O–H groups in total. The van der Waals surface area contributed by atoms with E-state index in [1.54, 1.807) is 6.07 Å². The molecular formula is C17H18ClNO. The summed E-state index contributed by atoms with van der Waals surface area (Å²) >= 11 is 6.14. The number of rotatable bonds is 6. The fraction of sp³-hybridized carbons (Fsp3) is 0.235. The number of carbonyl (C=O) groups excluding carboxylic acids is 1. The molecule has 0 heterocycles. The van der Waals surface area contributed by atoms with Crippen LogP contribution in [0.4, 0.5) is 11.4 Å². The van der Waals surface area contributed by atoms with Crippen molar-refractivity contribution >= 4 is 29.3 Å². The van der Waals surface area contributed by atoms with E-state index in [1.165, 1.54) is 0 Å². The molecule has 0 aliphatic rings. The maximum absolute atomic E-state index is 11.3. The number of anilines is 2. The van der Waals surface area contributed by atoms with Crippen LogP contribution in [0, 0.1) is 0 Å². The van der Waals surface area contributed by atoms with Gasteiger partial charge in [-0.05, 0) is 30.7 Å². The summed E-state index contributed by atoms with van der Waals surface area (Å²) in [7, 11) is 0.